The van der Waals surface area contributed by atoms with E-state index in [1.807, 2.05) is 24.3 Å². The highest BCUT2D eigenvalue weighted by Crippen LogP contribution is 2.40. The van der Waals surface area contributed by atoms with Gasteiger partial charge in [-0.1, -0.05) is 37.6 Å². The molecular weight excluding hydrogens is 356 g/mol. The van der Waals surface area contributed by atoms with Crippen LogP contribution in [0.5, 0.6) is 11.5 Å². The summed E-state index contributed by atoms with van der Waals surface area (Å²) in [4.78, 5) is 27.5. The Balaban J connectivity index is 1.89. The summed E-state index contributed by atoms with van der Waals surface area (Å²) in [6, 6.07) is 13.7. The molecule has 0 aromatic heterocycles. The molecule has 0 bridgehead atoms. The van der Waals surface area contributed by atoms with Crippen molar-refractivity contribution in [1.82, 2.24) is 4.90 Å². The van der Waals surface area contributed by atoms with Crippen LogP contribution in [-0.4, -0.2) is 35.5 Å². The number of phenols is 1. The molecule has 1 saturated heterocycles. The zero-order valence-corrected chi connectivity index (χ0v) is 16.2. The van der Waals surface area contributed by atoms with Gasteiger partial charge in [0.25, 0.3) is 0 Å². The molecule has 2 aromatic rings. The van der Waals surface area contributed by atoms with Gasteiger partial charge in [-0.15, -0.1) is 0 Å². The second-order valence-electron chi connectivity index (χ2n) is 6.98. The van der Waals surface area contributed by atoms with Gasteiger partial charge in [0.05, 0.1) is 24.8 Å². The molecule has 2 aromatic carbocycles. The maximum absolute atomic E-state index is 13.0. The lowest BCUT2D eigenvalue weighted by Gasteiger charge is -2.28. The van der Waals surface area contributed by atoms with E-state index in [1.54, 1.807) is 30.2 Å². The van der Waals surface area contributed by atoms with Crippen LogP contribution in [0, 0.1) is 5.92 Å². The van der Waals surface area contributed by atoms with E-state index in [4.69, 9.17) is 4.74 Å². The number of nitrogens with zero attached hydrogens (tertiary/aromatic N) is 1. The molecule has 0 saturated carbocycles. The lowest BCUT2D eigenvalue weighted by molar-refractivity contribution is -0.129. The van der Waals surface area contributed by atoms with Gasteiger partial charge in [-0.3, -0.25) is 9.59 Å². The largest absolute Gasteiger partial charge is 0.506 e. The van der Waals surface area contributed by atoms with Crippen LogP contribution < -0.4 is 10.1 Å². The van der Waals surface area contributed by atoms with Crippen LogP contribution in [0.3, 0.4) is 0 Å². The highest BCUT2D eigenvalue weighted by Gasteiger charge is 2.44. The number of aromatic hydroxyl groups is 1. The zero-order valence-electron chi connectivity index (χ0n) is 16.2. The van der Waals surface area contributed by atoms with Gasteiger partial charge in [0.1, 0.15) is 11.5 Å². The van der Waals surface area contributed by atoms with Crippen molar-refractivity contribution in [3.8, 4) is 11.5 Å². The number of carbonyl (C=O) groups is 2. The van der Waals surface area contributed by atoms with Crippen molar-refractivity contribution in [2.75, 3.05) is 19.0 Å². The van der Waals surface area contributed by atoms with Crippen molar-refractivity contribution in [2.24, 2.45) is 5.92 Å². The number of unbranched alkanes of at least 4 members (excludes halogenated alkanes) is 1. The fraction of sp³-hybridized carbons (Fsp3) is 0.364. The summed E-state index contributed by atoms with van der Waals surface area (Å²) < 4.78 is 5.22. The summed E-state index contributed by atoms with van der Waals surface area (Å²) in [7, 11) is 1.60. The highest BCUT2D eigenvalue weighted by atomic mass is 16.5. The molecule has 0 radical (unpaired) electrons. The van der Waals surface area contributed by atoms with Crippen molar-refractivity contribution in [3.63, 3.8) is 0 Å². The molecule has 0 unspecified atom stereocenters. The molecule has 28 heavy (non-hydrogen) atoms. The Morgan fingerprint density at radius 1 is 1.21 bits per heavy atom. The third kappa shape index (κ3) is 4.11. The number of likely N-dealkylation sites (tertiary alicyclic amines) is 1. The van der Waals surface area contributed by atoms with Crippen molar-refractivity contribution in [1.29, 1.82) is 0 Å². The smallest absolute Gasteiger partial charge is 0.230 e. The fourth-order valence-electron chi connectivity index (χ4n) is 3.64. The van der Waals surface area contributed by atoms with Gasteiger partial charge < -0.3 is 20.1 Å². The Bertz CT molecular complexity index is 835. The maximum Gasteiger partial charge on any atom is 0.230 e. The van der Waals surface area contributed by atoms with Gasteiger partial charge in [-0.2, -0.15) is 0 Å². The molecular formula is C22H26N2O4. The van der Waals surface area contributed by atoms with E-state index in [0.717, 1.165) is 24.2 Å². The van der Waals surface area contributed by atoms with Gasteiger partial charge in [0.2, 0.25) is 11.8 Å². The molecule has 148 valence electrons. The number of hydrogen-bond donors (Lipinski definition) is 2. The first-order valence-electron chi connectivity index (χ1n) is 9.57. The van der Waals surface area contributed by atoms with Gasteiger partial charge in [0, 0.05) is 13.0 Å². The summed E-state index contributed by atoms with van der Waals surface area (Å²) in [5.41, 5.74) is 1.25. The molecule has 1 aliphatic heterocycles. The van der Waals surface area contributed by atoms with E-state index in [2.05, 4.69) is 12.2 Å². The number of phenolic OH excluding ortho intramolecular Hbond substituents is 1. The third-order valence-corrected chi connectivity index (χ3v) is 5.14. The average molecular weight is 382 g/mol. The number of benzene rings is 2. The second kappa shape index (κ2) is 8.78. The standard InChI is InChI=1S/C22H26N2O4/c1-3-4-13-24-20(26)14-17(21(24)15-9-11-16(28-2)12-10-15)22(27)23-18-7-5-6-8-19(18)25/h5-12,17,21,25H,3-4,13-14H2,1-2H3,(H,23,27)/t17-,21-/m1/s1. The molecule has 2 N–H and O–H groups in total. The molecule has 1 aliphatic rings. The highest BCUT2D eigenvalue weighted by molar-refractivity contribution is 5.98. The average Bonchev–Trinajstić information content (AvgIpc) is 3.04. The van der Waals surface area contributed by atoms with E-state index < -0.39 is 5.92 Å². The van der Waals surface area contributed by atoms with E-state index >= 15 is 0 Å². The molecule has 0 aliphatic carbocycles. The van der Waals surface area contributed by atoms with Crippen LogP contribution in [0.25, 0.3) is 0 Å². The molecule has 6 nitrogen and oxygen atoms in total. The lowest BCUT2D eigenvalue weighted by atomic mass is 9.92. The molecule has 0 spiro atoms. The summed E-state index contributed by atoms with van der Waals surface area (Å²) in [6.07, 6.45) is 2.00. The molecule has 6 heteroatoms. The number of rotatable bonds is 7. The predicted octanol–water partition coefficient (Wildman–Crippen LogP) is 3.73. The Morgan fingerprint density at radius 3 is 2.57 bits per heavy atom. The number of nitrogens with one attached hydrogen (secondary N) is 1. The molecule has 1 fully saturated rings. The summed E-state index contributed by atoms with van der Waals surface area (Å²) in [5.74, 6) is -0.0915. The van der Waals surface area contributed by atoms with Crippen LogP contribution in [0.15, 0.2) is 48.5 Å². The number of anilines is 1. The molecule has 2 amide bonds. The number of amides is 2. The SMILES string of the molecule is CCCCN1C(=O)C[C@@H](C(=O)Nc2ccccc2O)[C@H]1c1ccc(OC)cc1. The zero-order chi connectivity index (χ0) is 20.1. The third-order valence-electron chi connectivity index (χ3n) is 5.14. The number of para-hydroxylation sites is 2. The monoisotopic (exact) mass is 382 g/mol. The Morgan fingerprint density at radius 2 is 1.93 bits per heavy atom. The number of ether oxygens (including phenoxy) is 1. The van der Waals surface area contributed by atoms with Gasteiger partial charge >= 0.3 is 0 Å². The van der Waals surface area contributed by atoms with Crippen molar-refractivity contribution in [2.45, 2.75) is 32.2 Å². The van der Waals surface area contributed by atoms with Crippen molar-refractivity contribution in [3.05, 3.63) is 54.1 Å². The van der Waals surface area contributed by atoms with E-state index in [-0.39, 0.29) is 30.0 Å². The van der Waals surface area contributed by atoms with Gasteiger partial charge in [-0.25, -0.2) is 0 Å². The van der Waals surface area contributed by atoms with E-state index in [1.165, 1.54) is 6.07 Å². The van der Waals surface area contributed by atoms with Crippen LogP contribution in [0.4, 0.5) is 5.69 Å². The number of carbonyl (C=O) groups excluding carboxylic acids is 2. The van der Waals surface area contributed by atoms with Crippen LogP contribution >= 0.6 is 0 Å². The van der Waals surface area contributed by atoms with Crippen LogP contribution in [-0.2, 0) is 9.59 Å². The van der Waals surface area contributed by atoms with Crippen molar-refractivity contribution >= 4 is 17.5 Å². The van der Waals surface area contributed by atoms with E-state index in [9.17, 15) is 14.7 Å². The number of hydrogen-bond acceptors (Lipinski definition) is 4. The quantitative estimate of drug-likeness (QED) is 0.715. The summed E-state index contributed by atoms with van der Waals surface area (Å²) in [6.45, 7) is 2.69. The normalized spacial score (nSPS) is 18.9. The molecule has 2 atom stereocenters. The maximum atomic E-state index is 13.0. The number of methoxy groups -OCH3 is 1. The Hall–Kier alpha value is -3.02. The molecule has 3 rings (SSSR count). The first-order valence-corrected chi connectivity index (χ1v) is 9.57. The second-order valence-corrected chi connectivity index (χ2v) is 6.98. The minimum atomic E-state index is -0.530. The van der Waals surface area contributed by atoms with E-state index in [0.29, 0.717) is 12.2 Å². The van der Waals surface area contributed by atoms with Crippen LogP contribution in [0.2, 0.25) is 0 Å². The minimum Gasteiger partial charge on any atom is -0.506 e. The topological polar surface area (TPSA) is 78.9 Å². The van der Waals surface area contributed by atoms with Gasteiger partial charge in [0.15, 0.2) is 0 Å². The van der Waals surface area contributed by atoms with Crippen molar-refractivity contribution < 1.29 is 19.4 Å². The minimum absolute atomic E-state index is 0.00371. The first-order chi connectivity index (χ1) is 13.5. The fourth-order valence-corrected chi connectivity index (χ4v) is 3.64. The Labute approximate surface area is 165 Å². The predicted molar refractivity (Wildman–Crippen MR) is 107 cm³/mol. The molecule has 1 heterocycles. The summed E-state index contributed by atoms with van der Waals surface area (Å²) >= 11 is 0. The lowest BCUT2D eigenvalue weighted by Crippen LogP contribution is -2.33. The first kappa shape index (κ1) is 19.7. The summed E-state index contributed by atoms with van der Waals surface area (Å²) in [5, 5.41) is 12.7. The van der Waals surface area contributed by atoms with Crippen LogP contribution in [0.1, 0.15) is 37.8 Å². The van der Waals surface area contributed by atoms with Gasteiger partial charge in [-0.05, 0) is 36.2 Å². The Kier molecular flexibility index (Phi) is 6.19.